The van der Waals surface area contributed by atoms with Crippen molar-refractivity contribution >= 4 is 46.6 Å². The minimum atomic E-state index is -0.250. The van der Waals surface area contributed by atoms with Gasteiger partial charge in [0.1, 0.15) is 5.75 Å². The topological polar surface area (TPSA) is 77.2 Å². The fraction of sp³-hybridized carbons (Fsp3) is 0.167. The third kappa shape index (κ3) is 5.63. The molecule has 0 spiro atoms. The molecule has 27 heavy (non-hydrogen) atoms. The maximum atomic E-state index is 12.0. The van der Waals surface area contributed by atoms with E-state index in [9.17, 15) is 4.79 Å². The van der Waals surface area contributed by atoms with E-state index < -0.39 is 0 Å². The van der Waals surface area contributed by atoms with Crippen LogP contribution in [0.1, 0.15) is 11.5 Å². The van der Waals surface area contributed by atoms with Crippen molar-refractivity contribution in [2.45, 2.75) is 18.8 Å². The average Bonchev–Trinajstić information content (AvgIpc) is 3.10. The van der Waals surface area contributed by atoms with E-state index in [2.05, 4.69) is 15.5 Å². The van der Waals surface area contributed by atoms with Crippen molar-refractivity contribution in [3.63, 3.8) is 0 Å². The Balaban J connectivity index is 1.49. The number of aromatic nitrogens is 2. The first-order valence-corrected chi connectivity index (χ1v) is 9.64. The van der Waals surface area contributed by atoms with E-state index in [1.165, 1.54) is 0 Å². The second-order valence-corrected chi connectivity index (χ2v) is 7.25. The number of ether oxygens (including phenoxy) is 1. The van der Waals surface area contributed by atoms with Crippen LogP contribution in [0.4, 0.5) is 5.69 Å². The quantitative estimate of drug-likeness (QED) is 0.539. The van der Waals surface area contributed by atoms with Crippen molar-refractivity contribution in [2.75, 3.05) is 11.1 Å². The summed E-state index contributed by atoms with van der Waals surface area (Å²) < 4.78 is 11.1. The number of halogens is 2. The van der Waals surface area contributed by atoms with E-state index >= 15 is 0 Å². The Morgan fingerprint density at radius 1 is 1.22 bits per heavy atom. The van der Waals surface area contributed by atoms with Gasteiger partial charge in [0, 0.05) is 5.02 Å². The van der Waals surface area contributed by atoms with Gasteiger partial charge in [-0.25, -0.2) is 0 Å². The number of hydrogen-bond donors (Lipinski definition) is 1. The van der Waals surface area contributed by atoms with Gasteiger partial charge in [0.2, 0.25) is 5.91 Å². The fourth-order valence-corrected chi connectivity index (χ4v) is 3.15. The summed E-state index contributed by atoms with van der Waals surface area (Å²) in [5.74, 6) is 0.936. The molecule has 0 aliphatic rings. The molecule has 0 radical (unpaired) electrons. The molecule has 0 bridgehead atoms. The van der Waals surface area contributed by atoms with E-state index in [-0.39, 0.29) is 23.5 Å². The lowest BCUT2D eigenvalue weighted by Crippen LogP contribution is -2.14. The molecular formula is C18H15Cl2N3O3S. The molecule has 1 amide bonds. The Morgan fingerprint density at radius 2 is 2.04 bits per heavy atom. The van der Waals surface area contributed by atoms with Gasteiger partial charge in [-0.15, -0.1) is 10.2 Å². The van der Waals surface area contributed by atoms with Crippen LogP contribution in [0.3, 0.4) is 0 Å². The number of carbonyl (C=O) groups is 1. The Labute approximate surface area is 170 Å². The second-order valence-electron chi connectivity index (χ2n) is 5.48. The van der Waals surface area contributed by atoms with Gasteiger partial charge in [-0.05, 0) is 36.8 Å². The number of para-hydroxylation sites is 1. The lowest BCUT2D eigenvalue weighted by molar-refractivity contribution is -0.113. The molecule has 0 unspecified atom stereocenters. The highest BCUT2D eigenvalue weighted by Crippen LogP contribution is 2.26. The summed E-state index contributed by atoms with van der Waals surface area (Å²) in [5.41, 5.74) is 1.51. The number of nitrogens with zero attached hydrogens (tertiary/aromatic N) is 2. The lowest BCUT2D eigenvalue weighted by Gasteiger charge is -2.06. The first-order chi connectivity index (χ1) is 13.0. The Kier molecular flexibility index (Phi) is 6.60. The maximum Gasteiger partial charge on any atom is 0.277 e. The van der Waals surface area contributed by atoms with E-state index in [0.717, 1.165) is 23.1 Å². The molecule has 2 aromatic carbocycles. The molecule has 140 valence electrons. The van der Waals surface area contributed by atoms with Crippen LogP contribution in [0.15, 0.2) is 52.1 Å². The largest absolute Gasteiger partial charge is 0.484 e. The fourth-order valence-electron chi connectivity index (χ4n) is 2.12. The van der Waals surface area contributed by atoms with Crippen LogP contribution in [0, 0.1) is 6.92 Å². The molecule has 0 saturated carbocycles. The standard InChI is InChI=1S/C18H15Cl2N3O3S/c1-11-4-2-3-5-15(11)25-9-17-22-23-18(26-17)27-10-16(24)21-14-7-6-12(19)8-13(14)20/h2-8H,9-10H2,1H3,(H,21,24). The zero-order chi connectivity index (χ0) is 19.2. The number of thioether (sulfide) groups is 1. The number of aryl methyl sites for hydroxylation is 1. The molecular weight excluding hydrogens is 409 g/mol. The van der Waals surface area contributed by atoms with Crippen molar-refractivity contribution in [1.29, 1.82) is 0 Å². The van der Waals surface area contributed by atoms with E-state index in [4.69, 9.17) is 32.4 Å². The van der Waals surface area contributed by atoms with E-state index in [1.807, 2.05) is 31.2 Å². The summed E-state index contributed by atoms with van der Waals surface area (Å²) in [7, 11) is 0. The number of amides is 1. The molecule has 0 aliphatic heterocycles. The van der Waals surface area contributed by atoms with Gasteiger partial charge in [0.25, 0.3) is 11.1 Å². The molecule has 1 aromatic heterocycles. The monoisotopic (exact) mass is 423 g/mol. The third-order valence-electron chi connectivity index (χ3n) is 3.43. The van der Waals surface area contributed by atoms with Crippen molar-refractivity contribution in [3.05, 3.63) is 64.0 Å². The van der Waals surface area contributed by atoms with Crippen molar-refractivity contribution < 1.29 is 13.9 Å². The normalized spacial score (nSPS) is 10.6. The minimum absolute atomic E-state index is 0.0965. The molecule has 3 rings (SSSR count). The van der Waals surface area contributed by atoms with Gasteiger partial charge in [-0.1, -0.05) is 53.2 Å². The SMILES string of the molecule is Cc1ccccc1OCc1nnc(SCC(=O)Nc2ccc(Cl)cc2Cl)o1. The van der Waals surface area contributed by atoms with E-state index in [0.29, 0.717) is 21.6 Å². The van der Waals surface area contributed by atoms with Crippen LogP contribution in [-0.4, -0.2) is 21.9 Å². The number of carbonyl (C=O) groups excluding carboxylic acids is 1. The summed E-state index contributed by atoms with van der Waals surface area (Å²) >= 11 is 13.0. The zero-order valence-electron chi connectivity index (χ0n) is 14.2. The van der Waals surface area contributed by atoms with E-state index in [1.54, 1.807) is 18.2 Å². The van der Waals surface area contributed by atoms with Crippen molar-refractivity contribution in [3.8, 4) is 5.75 Å². The Morgan fingerprint density at radius 3 is 2.81 bits per heavy atom. The van der Waals surface area contributed by atoms with Gasteiger partial charge in [-0.2, -0.15) is 0 Å². The summed E-state index contributed by atoms with van der Waals surface area (Å²) in [6.07, 6.45) is 0. The van der Waals surface area contributed by atoms with Crippen molar-refractivity contribution in [2.24, 2.45) is 0 Å². The molecule has 6 nitrogen and oxygen atoms in total. The molecule has 0 aliphatic carbocycles. The van der Waals surface area contributed by atoms with Crippen molar-refractivity contribution in [1.82, 2.24) is 10.2 Å². The first-order valence-electron chi connectivity index (χ1n) is 7.90. The smallest absolute Gasteiger partial charge is 0.277 e. The Bertz CT molecular complexity index is 949. The zero-order valence-corrected chi connectivity index (χ0v) is 16.6. The minimum Gasteiger partial charge on any atom is -0.484 e. The van der Waals surface area contributed by atoms with Gasteiger partial charge in [-0.3, -0.25) is 4.79 Å². The molecule has 0 atom stereocenters. The number of nitrogens with one attached hydrogen (secondary N) is 1. The van der Waals surface area contributed by atoms with Crippen LogP contribution in [-0.2, 0) is 11.4 Å². The third-order valence-corrected chi connectivity index (χ3v) is 4.79. The summed E-state index contributed by atoms with van der Waals surface area (Å²) in [6.45, 7) is 2.11. The predicted molar refractivity (Wildman–Crippen MR) is 106 cm³/mol. The number of rotatable bonds is 7. The molecule has 0 fully saturated rings. The van der Waals surface area contributed by atoms with Crippen LogP contribution < -0.4 is 10.1 Å². The summed E-state index contributed by atoms with van der Waals surface area (Å²) in [5, 5.41) is 11.7. The van der Waals surface area contributed by atoms with Gasteiger partial charge < -0.3 is 14.5 Å². The second kappa shape index (κ2) is 9.12. The molecule has 1 heterocycles. The molecule has 1 N–H and O–H groups in total. The van der Waals surface area contributed by atoms with Crippen LogP contribution in [0.25, 0.3) is 0 Å². The van der Waals surface area contributed by atoms with Gasteiger partial charge >= 0.3 is 0 Å². The highest BCUT2D eigenvalue weighted by Gasteiger charge is 2.12. The number of benzene rings is 2. The predicted octanol–water partition coefficient (Wildman–Crippen LogP) is 4.99. The summed E-state index contributed by atoms with van der Waals surface area (Å²) in [6, 6.07) is 12.5. The Hall–Kier alpha value is -2.22. The van der Waals surface area contributed by atoms with Crippen LogP contribution in [0.2, 0.25) is 10.0 Å². The average molecular weight is 424 g/mol. The molecule has 9 heteroatoms. The van der Waals surface area contributed by atoms with Crippen LogP contribution >= 0.6 is 35.0 Å². The first kappa shape index (κ1) is 19.5. The highest BCUT2D eigenvalue weighted by atomic mass is 35.5. The number of anilines is 1. The maximum absolute atomic E-state index is 12.0. The van der Waals surface area contributed by atoms with Gasteiger partial charge in [0.05, 0.1) is 16.5 Å². The highest BCUT2D eigenvalue weighted by molar-refractivity contribution is 7.99. The van der Waals surface area contributed by atoms with Gasteiger partial charge in [0.15, 0.2) is 6.61 Å². The number of hydrogen-bond acceptors (Lipinski definition) is 6. The molecule has 3 aromatic rings. The van der Waals surface area contributed by atoms with Crippen LogP contribution in [0.5, 0.6) is 5.75 Å². The summed E-state index contributed by atoms with van der Waals surface area (Å²) in [4.78, 5) is 12.0. The molecule has 0 saturated heterocycles. The lowest BCUT2D eigenvalue weighted by atomic mass is 10.2.